The van der Waals surface area contributed by atoms with Crippen molar-refractivity contribution in [1.29, 1.82) is 0 Å². The molecule has 2 aliphatic heterocycles. The summed E-state index contributed by atoms with van der Waals surface area (Å²) in [6.07, 6.45) is 5.54. The number of hydrogen-bond acceptors (Lipinski definition) is 2. The maximum absolute atomic E-state index is 11.1. The Labute approximate surface area is 78.7 Å². The SMILES string of the molecule is CC1(C(=O)O)CCC2CCCCN21. The molecule has 0 radical (unpaired) electrons. The normalized spacial score (nSPS) is 40.2. The molecule has 2 atom stereocenters. The molecule has 2 saturated heterocycles. The Morgan fingerprint density at radius 3 is 2.92 bits per heavy atom. The van der Waals surface area contributed by atoms with Crippen molar-refractivity contribution >= 4 is 5.97 Å². The zero-order valence-corrected chi connectivity index (χ0v) is 8.12. The van der Waals surface area contributed by atoms with Crippen LogP contribution < -0.4 is 0 Å². The van der Waals surface area contributed by atoms with Gasteiger partial charge >= 0.3 is 5.97 Å². The lowest BCUT2D eigenvalue weighted by molar-refractivity contribution is -0.150. The number of carboxylic acid groups (broad SMARTS) is 1. The van der Waals surface area contributed by atoms with Crippen LogP contribution in [0.5, 0.6) is 0 Å². The van der Waals surface area contributed by atoms with Gasteiger partial charge in [0.2, 0.25) is 0 Å². The fourth-order valence-corrected chi connectivity index (χ4v) is 2.77. The van der Waals surface area contributed by atoms with Crippen molar-refractivity contribution in [3.05, 3.63) is 0 Å². The zero-order valence-electron chi connectivity index (χ0n) is 8.12. The highest BCUT2D eigenvalue weighted by molar-refractivity contribution is 5.78. The molecule has 2 unspecified atom stereocenters. The summed E-state index contributed by atoms with van der Waals surface area (Å²) < 4.78 is 0. The first-order valence-electron chi connectivity index (χ1n) is 5.15. The van der Waals surface area contributed by atoms with E-state index in [1.54, 1.807) is 0 Å². The van der Waals surface area contributed by atoms with E-state index in [1.165, 1.54) is 19.3 Å². The standard InChI is InChI=1S/C10H17NO2/c1-10(9(12)13)6-5-8-4-2-3-7-11(8)10/h8H,2-7H2,1H3,(H,12,13). The molecule has 1 N–H and O–H groups in total. The molecule has 3 heteroatoms. The topological polar surface area (TPSA) is 40.5 Å². The van der Waals surface area contributed by atoms with Gasteiger partial charge in [-0.25, -0.2) is 0 Å². The molecule has 0 aromatic rings. The van der Waals surface area contributed by atoms with E-state index >= 15 is 0 Å². The first-order valence-corrected chi connectivity index (χ1v) is 5.15. The molecule has 2 heterocycles. The fourth-order valence-electron chi connectivity index (χ4n) is 2.77. The third kappa shape index (κ3) is 1.26. The van der Waals surface area contributed by atoms with Crippen LogP contribution in [0.3, 0.4) is 0 Å². The molecule has 0 aromatic carbocycles. The third-order valence-corrected chi connectivity index (χ3v) is 3.69. The highest BCUT2D eigenvalue weighted by Gasteiger charge is 2.48. The van der Waals surface area contributed by atoms with Crippen LogP contribution in [0.4, 0.5) is 0 Å². The van der Waals surface area contributed by atoms with Crippen LogP contribution in [0.15, 0.2) is 0 Å². The first kappa shape index (κ1) is 9.00. The average Bonchev–Trinajstić information content (AvgIpc) is 2.47. The van der Waals surface area contributed by atoms with Gasteiger partial charge in [-0.05, 0) is 39.2 Å². The van der Waals surface area contributed by atoms with Gasteiger partial charge in [-0.2, -0.15) is 0 Å². The Morgan fingerprint density at radius 1 is 1.46 bits per heavy atom. The number of hydrogen-bond donors (Lipinski definition) is 1. The van der Waals surface area contributed by atoms with E-state index in [2.05, 4.69) is 4.90 Å². The summed E-state index contributed by atoms with van der Waals surface area (Å²) >= 11 is 0. The Balaban J connectivity index is 2.19. The summed E-state index contributed by atoms with van der Waals surface area (Å²) in [5, 5.41) is 9.17. The van der Waals surface area contributed by atoms with Crippen LogP contribution >= 0.6 is 0 Å². The number of fused-ring (bicyclic) bond motifs is 1. The highest BCUT2D eigenvalue weighted by Crippen LogP contribution is 2.38. The molecule has 13 heavy (non-hydrogen) atoms. The minimum Gasteiger partial charge on any atom is -0.480 e. The van der Waals surface area contributed by atoms with Gasteiger partial charge in [0, 0.05) is 6.04 Å². The monoisotopic (exact) mass is 183 g/mol. The maximum atomic E-state index is 11.1. The zero-order chi connectivity index (χ0) is 9.47. The van der Waals surface area contributed by atoms with E-state index in [9.17, 15) is 4.79 Å². The Kier molecular flexibility index (Phi) is 2.06. The van der Waals surface area contributed by atoms with Crippen molar-refractivity contribution in [3.8, 4) is 0 Å². The van der Waals surface area contributed by atoms with E-state index in [-0.39, 0.29) is 0 Å². The van der Waals surface area contributed by atoms with Crippen LogP contribution in [-0.2, 0) is 4.79 Å². The largest absolute Gasteiger partial charge is 0.480 e. The fraction of sp³-hybridized carbons (Fsp3) is 0.900. The van der Waals surface area contributed by atoms with E-state index in [1.807, 2.05) is 6.92 Å². The lowest BCUT2D eigenvalue weighted by Gasteiger charge is -2.38. The molecule has 0 aromatic heterocycles. The van der Waals surface area contributed by atoms with Gasteiger partial charge in [0.15, 0.2) is 0 Å². The van der Waals surface area contributed by atoms with Gasteiger partial charge < -0.3 is 5.11 Å². The van der Waals surface area contributed by atoms with Crippen LogP contribution in [-0.4, -0.2) is 34.1 Å². The first-order chi connectivity index (χ1) is 6.14. The maximum Gasteiger partial charge on any atom is 0.323 e. The number of aliphatic carboxylic acids is 1. The number of piperidine rings is 1. The minimum atomic E-state index is -0.642. The molecule has 2 rings (SSSR count). The Morgan fingerprint density at radius 2 is 2.23 bits per heavy atom. The van der Waals surface area contributed by atoms with Crippen molar-refractivity contribution in [1.82, 2.24) is 4.90 Å². The molecule has 0 bridgehead atoms. The summed E-state index contributed by atoms with van der Waals surface area (Å²) in [4.78, 5) is 13.3. The van der Waals surface area contributed by atoms with Crippen molar-refractivity contribution in [2.45, 2.75) is 50.6 Å². The van der Waals surface area contributed by atoms with E-state index in [0.717, 1.165) is 19.4 Å². The van der Waals surface area contributed by atoms with Crippen molar-refractivity contribution in [3.63, 3.8) is 0 Å². The summed E-state index contributed by atoms with van der Waals surface area (Å²) in [7, 11) is 0. The van der Waals surface area contributed by atoms with E-state index in [4.69, 9.17) is 5.11 Å². The molecule has 74 valence electrons. The highest BCUT2D eigenvalue weighted by atomic mass is 16.4. The van der Waals surface area contributed by atoms with Crippen LogP contribution in [0.25, 0.3) is 0 Å². The summed E-state index contributed by atoms with van der Waals surface area (Å²) in [5.41, 5.74) is -0.564. The van der Waals surface area contributed by atoms with Crippen LogP contribution in [0, 0.1) is 0 Å². The summed E-state index contributed by atoms with van der Waals surface area (Å²) in [6.45, 7) is 2.86. The summed E-state index contributed by atoms with van der Waals surface area (Å²) in [5.74, 6) is -0.642. The van der Waals surface area contributed by atoms with Gasteiger partial charge in [0.25, 0.3) is 0 Å². The molecular formula is C10H17NO2. The molecule has 0 saturated carbocycles. The second-order valence-electron chi connectivity index (χ2n) is 4.46. The molecular weight excluding hydrogens is 166 g/mol. The Bertz CT molecular complexity index is 229. The molecule has 3 nitrogen and oxygen atoms in total. The molecule has 0 amide bonds. The van der Waals surface area contributed by atoms with Crippen LogP contribution in [0.2, 0.25) is 0 Å². The average molecular weight is 183 g/mol. The summed E-state index contributed by atoms with van der Waals surface area (Å²) in [6, 6.07) is 0.551. The molecule has 0 spiro atoms. The lowest BCUT2D eigenvalue weighted by Crippen LogP contribution is -2.52. The quantitative estimate of drug-likeness (QED) is 0.669. The van der Waals surface area contributed by atoms with E-state index in [0.29, 0.717) is 6.04 Å². The van der Waals surface area contributed by atoms with Gasteiger partial charge in [-0.1, -0.05) is 6.42 Å². The second-order valence-corrected chi connectivity index (χ2v) is 4.46. The van der Waals surface area contributed by atoms with E-state index < -0.39 is 11.5 Å². The van der Waals surface area contributed by atoms with Crippen molar-refractivity contribution < 1.29 is 9.90 Å². The number of rotatable bonds is 1. The van der Waals surface area contributed by atoms with Gasteiger partial charge in [0.05, 0.1) is 0 Å². The molecule has 2 aliphatic rings. The predicted octanol–water partition coefficient (Wildman–Crippen LogP) is 1.48. The number of nitrogens with zero attached hydrogens (tertiary/aromatic N) is 1. The van der Waals surface area contributed by atoms with Crippen molar-refractivity contribution in [2.24, 2.45) is 0 Å². The Hall–Kier alpha value is -0.570. The number of carbonyl (C=O) groups is 1. The second kappa shape index (κ2) is 2.98. The van der Waals surface area contributed by atoms with Gasteiger partial charge in [0.1, 0.15) is 5.54 Å². The van der Waals surface area contributed by atoms with Crippen molar-refractivity contribution in [2.75, 3.05) is 6.54 Å². The van der Waals surface area contributed by atoms with Gasteiger partial charge in [-0.3, -0.25) is 9.69 Å². The third-order valence-electron chi connectivity index (χ3n) is 3.69. The van der Waals surface area contributed by atoms with Gasteiger partial charge in [-0.15, -0.1) is 0 Å². The minimum absolute atomic E-state index is 0.551. The molecule has 0 aliphatic carbocycles. The predicted molar refractivity (Wildman–Crippen MR) is 49.6 cm³/mol. The number of carboxylic acids is 1. The van der Waals surface area contributed by atoms with Crippen LogP contribution in [0.1, 0.15) is 39.0 Å². The molecule has 2 fully saturated rings. The smallest absolute Gasteiger partial charge is 0.323 e. The lowest BCUT2D eigenvalue weighted by atomic mass is 9.99.